The predicted molar refractivity (Wildman–Crippen MR) is 167 cm³/mol. The summed E-state index contributed by atoms with van der Waals surface area (Å²) in [6.07, 6.45) is 2.38. The Morgan fingerprint density at radius 2 is 0.974 bits per heavy atom. The summed E-state index contributed by atoms with van der Waals surface area (Å²) in [4.78, 5) is 15.5. The molecule has 0 bridgehead atoms. The van der Waals surface area contributed by atoms with Crippen LogP contribution in [0, 0.1) is 0 Å². The average molecular weight is 652 g/mol. The molecule has 0 aliphatic heterocycles. The molecule has 0 radical (unpaired) electrons. The molecule has 1 N–H and O–H groups in total. The minimum atomic E-state index is -1.41. The molecule has 0 aromatic heterocycles. The molecule has 3 nitrogen and oxygen atoms in total. The molecule has 0 heterocycles. The van der Waals surface area contributed by atoms with Crippen molar-refractivity contribution in [3.05, 3.63) is 121 Å². The van der Waals surface area contributed by atoms with E-state index in [-0.39, 0.29) is 0 Å². The van der Waals surface area contributed by atoms with Gasteiger partial charge >= 0.3 is 27.0 Å². The Bertz CT molecular complexity index is 1030. The van der Waals surface area contributed by atoms with Crippen molar-refractivity contribution in [1.82, 2.24) is 5.32 Å². The number of benzene rings is 4. The number of rotatable bonds is 10. The Labute approximate surface area is 244 Å². The zero-order valence-electron chi connectivity index (χ0n) is 21.5. The van der Waals surface area contributed by atoms with Gasteiger partial charge in [0, 0.05) is 13.1 Å². The van der Waals surface area contributed by atoms with E-state index < -0.39 is 15.2 Å². The van der Waals surface area contributed by atoms with Crippen LogP contribution in [0.15, 0.2) is 121 Å². The van der Waals surface area contributed by atoms with Gasteiger partial charge in [0.15, 0.2) is 0 Å². The van der Waals surface area contributed by atoms with Crippen LogP contribution in [0.25, 0.3) is 0 Å². The van der Waals surface area contributed by atoms with E-state index in [1.54, 1.807) is 0 Å². The molecule has 4 aromatic carbocycles. The zero-order chi connectivity index (χ0) is 28.1. The molecule has 0 spiro atoms. The number of halogens is 1. The van der Waals surface area contributed by atoms with E-state index in [9.17, 15) is 0 Å². The number of hydrogen-bond acceptors (Lipinski definition) is 3. The van der Waals surface area contributed by atoms with Crippen molar-refractivity contribution in [3.8, 4) is 0 Å². The second kappa shape index (κ2) is 20.9. The van der Waals surface area contributed by atoms with Crippen molar-refractivity contribution in [2.75, 3.05) is 32.1 Å². The maximum absolute atomic E-state index is 7.75. The molecule has 0 fully saturated rings. The Morgan fingerprint density at radius 3 is 1.34 bits per heavy atom. The van der Waals surface area contributed by atoms with Crippen LogP contribution in [-0.4, -0.2) is 45.7 Å². The summed E-state index contributed by atoms with van der Waals surface area (Å²) in [5.41, 5.74) is 0. The van der Waals surface area contributed by atoms with E-state index in [1.807, 2.05) is 17.3 Å². The van der Waals surface area contributed by atoms with E-state index in [2.05, 4.69) is 157 Å². The summed E-state index contributed by atoms with van der Waals surface area (Å²) in [7, 11) is 2.39. The standard InChI is InChI=1S/C29H32NP2.2CHO.ClH.Ru/c1-32(28-18-10-4-11-19-28,29-20-12-5-13-21-29)25-23-30-22-24-31(26-14-6-2-7-15-26)27-16-8-3-9-17-27;2*1-2;;/h2-21,30H,22-25H2,1H3;2*1H;1H;/q+1;2*-1;;+4. The van der Waals surface area contributed by atoms with Crippen molar-refractivity contribution >= 4 is 59.7 Å². The zero-order valence-corrected chi connectivity index (χ0v) is 25.9. The van der Waals surface area contributed by atoms with Gasteiger partial charge in [-0.3, -0.25) is 13.6 Å². The molecular formula is C31H35ClNO2P2Ru+3. The predicted octanol–water partition coefficient (Wildman–Crippen LogP) is 4.88. The fourth-order valence-corrected chi connectivity index (χ4v) is 9.90. The van der Waals surface area contributed by atoms with Gasteiger partial charge in [-0.15, -0.1) is 0 Å². The summed E-state index contributed by atoms with van der Waals surface area (Å²) < 4.78 is 0. The summed E-state index contributed by atoms with van der Waals surface area (Å²) in [6.45, 7) is 11.1. The third kappa shape index (κ3) is 10.6. The first-order chi connectivity index (χ1) is 18.8. The normalized spacial score (nSPS) is 10.1. The molecule has 0 saturated carbocycles. The van der Waals surface area contributed by atoms with Gasteiger partial charge in [0.25, 0.3) is 0 Å². The Morgan fingerprint density at radius 1 is 0.632 bits per heavy atom. The molecule has 4 rings (SSSR count). The minimum absolute atomic E-state index is 0.772. The van der Waals surface area contributed by atoms with Crippen LogP contribution >= 0.6 is 24.9 Å². The summed E-state index contributed by atoms with van der Waals surface area (Å²) >= 11 is 1.82. The molecule has 0 aliphatic rings. The third-order valence-corrected chi connectivity index (χ3v) is 13.0. The second-order valence-electron chi connectivity index (χ2n) is 8.30. The molecule has 38 heavy (non-hydrogen) atoms. The van der Waals surface area contributed by atoms with Crippen molar-refractivity contribution < 1.29 is 26.9 Å². The number of hydrogen-bond donors (Lipinski definition) is 1. The van der Waals surface area contributed by atoms with Gasteiger partial charge in [-0.1, -0.05) is 72.8 Å². The maximum atomic E-state index is 7.75. The Hall–Kier alpha value is -2.05. The van der Waals surface area contributed by atoms with E-state index in [4.69, 9.17) is 9.59 Å². The average Bonchev–Trinajstić information content (AvgIpc) is 3.03. The molecular weight excluding hydrogens is 617 g/mol. The van der Waals surface area contributed by atoms with Crippen molar-refractivity contribution in [1.29, 1.82) is 0 Å². The van der Waals surface area contributed by atoms with Crippen LogP contribution in [0.5, 0.6) is 0 Å². The molecule has 0 saturated heterocycles. The molecule has 7 heteroatoms. The van der Waals surface area contributed by atoms with Crippen molar-refractivity contribution in [2.24, 2.45) is 0 Å². The first-order valence-corrected chi connectivity index (χ1v) is 18.4. The van der Waals surface area contributed by atoms with E-state index >= 15 is 0 Å². The monoisotopic (exact) mass is 652 g/mol. The molecule has 4 aromatic rings. The second-order valence-corrected chi connectivity index (χ2v) is 14.8. The van der Waals surface area contributed by atoms with Crippen molar-refractivity contribution in [2.45, 2.75) is 0 Å². The van der Waals surface area contributed by atoms with Crippen LogP contribution in [0.2, 0.25) is 0 Å². The molecule has 0 unspecified atom stereocenters. The van der Waals surface area contributed by atoms with Crippen LogP contribution in [0.3, 0.4) is 0 Å². The van der Waals surface area contributed by atoms with E-state index in [0.717, 1.165) is 13.1 Å². The van der Waals surface area contributed by atoms with Gasteiger partial charge in [0.1, 0.15) is 0 Å². The van der Waals surface area contributed by atoms with Crippen LogP contribution in [0.1, 0.15) is 0 Å². The fourth-order valence-electron chi connectivity index (χ4n) is 4.30. The van der Waals surface area contributed by atoms with Gasteiger partial charge in [-0.05, 0) is 48.5 Å². The number of carbonyl (C=O) groups excluding carboxylic acids is 2. The van der Waals surface area contributed by atoms with E-state index in [0.29, 0.717) is 0 Å². The van der Waals surface area contributed by atoms with Gasteiger partial charge in [0.05, 0.1) is 55.4 Å². The number of nitrogens with one attached hydrogen (secondary N) is 1. The van der Waals surface area contributed by atoms with Crippen LogP contribution in [0.4, 0.5) is 0 Å². The Kier molecular flexibility index (Phi) is 18.7. The van der Waals surface area contributed by atoms with Gasteiger partial charge in [-0.2, -0.15) is 0 Å². The van der Waals surface area contributed by atoms with Crippen LogP contribution in [-0.2, 0) is 26.9 Å². The summed E-state index contributed by atoms with van der Waals surface area (Å²) in [6, 6.07) is 44.3. The van der Waals surface area contributed by atoms with Gasteiger partial charge < -0.3 is 14.9 Å². The van der Waals surface area contributed by atoms with Gasteiger partial charge in [-0.25, -0.2) is 0 Å². The molecule has 0 aliphatic carbocycles. The summed E-state index contributed by atoms with van der Waals surface area (Å²) in [5.74, 6) is 0. The van der Waals surface area contributed by atoms with E-state index in [1.165, 1.54) is 33.5 Å². The molecule has 0 atom stereocenters. The summed E-state index contributed by atoms with van der Waals surface area (Å²) in [5, 5.41) is 9.78. The topological polar surface area (TPSA) is 46.2 Å². The quantitative estimate of drug-likeness (QED) is 0.0875. The molecule has 0 amide bonds. The van der Waals surface area contributed by atoms with Crippen molar-refractivity contribution in [3.63, 3.8) is 0 Å². The first kappa shape index (κ1) is 34.0. The van der Waals surface area contributed by atoms with Crippen LogP contribution < -0.4 is 26.5 Å². The van der Waals surface area contributed by atoms with Gasteiger partial charge in [0.2, 0.25) is 0 Å². The third-order valence-electron chi connectivity index (χ3n) is 6.18. The molecule has 198 valence electrons. The fraction of sp³-hybridized carbons (Fsp3) is 0.161. The first-order valence-electron chi connectivity index (χ1n) is 12.0. The SMILES string of the molecule is C[P+](CCNCC[PH+](c1ccccc1)c1ccccc1)(c1ccccc1)c1ccccc1.[CH-]=O.[CH-]=O.[Cl][Ru+3]. The Balaban J connectivity index is 0.00000112.